The minimum Gasteiger partial charge on any atom is -1.00 e. The molecule has 0 radical (unpaired) electrons. The third-order valence-corrected chi connectivity index (χ3v) is 7.37. The van der Waals surface area contributed by atoms with Crippen molar-refractivity contribution >= 4 is 8.16 Å². The fraction of sp³-hybridized carbons (Fsp3) is 0.500. The summed E-state index contributed by atoms with van der Waals surface area (Å²) in [6.45, 7) is 2.29. The summed E-state index contributed by atoms with van der Waals surface area (Å²) in [5.41, 5.74) is 1.51. The number of rotatable bonds is 13. The zero-order valence-corrected chi connectivity index (χ0v) is 21.6. The zero-order valence-electron chi connectivity index (χ0n) is 18.6. The maximum Gasteiger partial charge on any atom is -1.00 e. The van der Waals surface area contributed by atoms with Gasteiger partial charge in [-0.3, -0.25) is 0 Å². The van der Waals surface area contributed by atoms with Crippen molar-refractivity contribution in [3.63, 3.8) is 0 Å². The van der Waals surface area contributed by atoms with Gasteiger partial charge in [0.15, 0.2) is 7.14 Å². The van der Waals surface area contributed by atoms with Crippen LogP contribution in [0.5, 0.6) is 0 Å². The van der Waals surface area contributed by atoms with Crippen molar-refractivity contribution in [2.45, 2.75) is 77.6 Å². The minimum atomic E-state index is -8.55. The van der Waals surface area contributed by atoms with Crippen molar-refractivity contribution in [2.24, 2.45) is 0 Å². The summed E-state index contributed by atoms with van der Waals surface area (Å²) in [6.07, 6.45) is 15.4. The summed E-state index contributed by atoms with van der Waals surface area (Å²) < 4.78 is 52.2. The average Bonchev–Trinajstić information content (AvgIpc) is 2.69. The molecule has 0 aliphatic carbocycles. The van der Waals surface area contributed by atoms with Gasteiger partial charge in [0.05, 0.1) is 0 Å². The number of unbranched alkanes of at least 4 members (excludes halogenated alkanes) is 9. The van der Waals surface area contributed by atoms with Crippen LogP contribution in [0.3, 0.4) is 0 Å². The van der Waals surface area contributed by atoms with Crippen molar-refractivity contribution in [3.8, 4) is 0 Å². The Labute approximate surface area is 199 Å². The molecule has 0 saturated heterocycles. The summed E-state index contributed by atoms with van der Waals surface area (Å²) >= 11 is -0.0144. The summed E-state index contributed by atoms with van der Waals surface area (Å²) in [7, 11) is -8.55. The number of aryl methyl sites for hydroxylation is 1. The number of hydrogen-bond acceptors (Lipinski definition) is 0. The first kappa shape index (κ1) is 31.2. The Bertz CT molecular complexity index is 685. The van der Waals surface area contributed by atoms with Crippen molar-refractivity contribution in [2.75, 3.05) is 0 Å². The SMILES string of the molecule is CCCCCCCCCCCCc1ccc([I+]c2ccccc2)cc1.FP(F)(F)(F)F.[F-]. The molecule has 0 spiro atoms. The van der Waals surface area contributed by atoms with Gasteiger partial charge >= 0.3 is 50.3 Å². The molecule has 0 saturated carbocycles. The van der Waals surface area contributed by atoms with Crippen LogP contribution in [-0.4, -0.2) is 0 Å². The fourth-order valence-corrected chi connectivity index (χ4v) is 5.35. The van der Waals surface area contributed by atoms with Crippen molar-refractivity contribution in [3.05, 3.63) is 67.3 Å². The van der Waals surface area contributed by atoms with Crippen molar-refractivity contribution in [1.29, 1.82) is 0 Å². The van der Waals surface area contributed by atoms with Gasteiger partial charge in [0.1, 0.15) is 0 Å². The summed E-state index contributed by atoms with van der Waals surface area (Å²) in [6, 6.07) is 20.3. The molecular formula is C24H34F6IP. The van der Waals surface area contributed by atoms with Crippen LogP contribution in [0.1, 0.15) is 76.7 Å². The molecule has 0 aromatic heterocycles. The van der Waals surface area contributed by atoms with Crippen molar-refractivity contribution < 1.29 is 46.9 Å². The van der Waals surface area contributed by atoms with Gasteiger partial charge in [-0.1, -0.05) is 95.0 Å². The first-order valence-corrected chi connectivity index (χ1v) is 14.9. The molecule has 0 unspecified atom stereocenters. The topological polar surface area (TPSA) is 0 Å². The molecule has 0 atom stereocenters. The van der Waals surface area contributed by atoms with E-state index >= 15 is 0 Å². The van der Waals surface area contributed by atoms with E-state index in [4.69, 9.17) is 0 Å². The number of hydrogen-bond donors (Lipinski definition) is 0. The first-order valence-electron chi connectivity index (χ1n) is 11.0. The Morgan fingerprint density at radius 1 is 0.594 bits per heavy atom. The summed E-state index contributed by atoms with van der Waals surface area (Å²) in [5, 5.41) is 0. The van der Waals surface area contributed by atoms with E-state index in [1.807, 2.05) is 0 Å². The normalized spacial score (nSPS) is 12.1. The van der Waals surface area contributed by atoms with Crippen LogP contribution in [0.2, 0.25) is 0 Å². The van der Waals surface area contributed by atoms with Gasteiger partial charge in [0.2, 0.25) is 0 Å². The van der Waals surface area contributed by atoms with Crippen LogP contribution in [-0.2, 0) is 6.42 Å². The second-order valence-corrected chi connectivity index (χ2v) is 11.9. The molecule has 2 rings (SSSR count). The molecule has 0 N–H and O–H groups in total. The fourth-order valence-electron chi connectivity index (χ4n) is 3.13. The first-order chi connectivity index (χ1) is 14.6. The molecule has 0 aliphatic rings. The van der Waals surface area contributed by atoms with E-state index in [0.717, 1.165) is 0 Å². The van der Waals surface area contributed by atoms with Crippen LogP contribution in [0.4, 0.5) is 21.0 Å². The predicted octanol–water partition coefficient (Wildman–Crippen LogP) is 4.24. The van der Waals surface area contributed by atoms with E-state index in [1.54, 1.807) is 0 Å². The zero-order chi connectivity index (χ0) is 23.0. The van der Waals surface area contributed by atoms with Gasteiger partial charge in [-0.15, -0.1) is 0 Å². The molecule has 0 fully saturated rings. The van der Waals surface area contributed by atoms with Crippen LogP contribution in [0, 0.1) is 7.14 Å². The Morgan fingerprint density at radius 3 is 1.47 bits per heavy atom. The van der Waals surface area contributed by atoms with E-state index in [1.165, 1.54) is 83.3 Å². The third-order valence-electron chi connectivity index (χ3n) is 4.68. The van der Waals surface area contributed by atoms with Crippen LogP contribution in [0.15, 0.2) is 54.6 Å². The van der Waals surface area contributed by atoms with Crippen molar-refractivity contribution in [1.82, 2.24) is 0 Å². The van der Waals surface area contributed by atoms with E-state index in [2.05, 4.69) is 61.5 Å². The third kappa shape index (κ3) is 21.0. The van der Waals surface area contributed by atoms with E-state index in [0.29, 0.717) is 0 Å². The summed E-state index contributed by atoms with van der Waals surface area (Å²) in [5.74, 6) is 0. The molecule has 0 aliphatic heterocycles. The van der Waals surface area contributed by atoms with E-state index in [-0.39, 0.29) is 25.9 Å². The molecule has 0 nitrogen and oxygen atoms in total. The number of benzene rings is 2. The number of halogens is 7. The van der Waals surface area contributed by atoms with Crippen LogP contribution in [0.25, 0.3) is 0 Å². The van der Waals surface area contributed by atoms with E-state index in [9.17, 15) is 21.0 Å². The Hall–Kier alpha value is -0.820. The molecule has 184 valence electrons. The molecule has 2 aromatic carbocycles. The maximum atomic E-state index is 9.84. The Balaban J connectivity index is 0.00000121. The van der Waals surface area contributed by atoms with Crippen LogP contribution >= 0.6 is 8.16 Å². The molecular weight excluding hydrogens is 560 g/mol. The second kappa shape index (κ2) is 16.7. The molecule has 8 heteroatoms. The quantitative estimate of drug-likeness (QED) is 0.141. The monoisotopic (exact) mass is 594 g/mol. The van der Waals surface area contributed by atoms with Gasteiger partial charge < -0.3 is 4.70 Å². The van der Waals surface area contributed by atoms with Gasteiger partial charge in [0.25, 0.3) is 0 Å². The summed E-state index contributed by atoms with van der Waals surface area (Å²) in [4.78, 5) is 0. The van der Waals surface area contributed by atoms with Gasteiger partial charge in [-0.2, -0.15) is 0 Å². The average molecular weight is 594 g/mol. The minimum absolute atomic E-state index is 0. The van der Waals surface area contributed by atoms with Gasteiger partial charge in [0, 0.05) is 0 Å². The molecule has 2 aromatic rings. The predicted molar refractivity (Wildman–Crippen MR) is 118 cm³/mol. The molecule has 0 amide bonds. The van der Waals surface area contributed by atoms with Gasteiger partial charge in [-0.05, 0) is 42.7 Å². The largest absolute Gasteiger partial charge is 1.00 e. The molecule has 32 heavy (non-hydrogen) atoms. The molecule has 0 bridgehead atoms. The second-order valence-electron chi connectivity index (χ2n) is 7.59. The molecule has 0 heterocycles. The Morgan fingerprint density at radius 2 is 1.00 bits per heavy atom. The van der Waals surface area contributed by atoms with E-state index < -0.39 is 8.16 Å². The van der Waals surface area contributed by atoms with Gasteiger partial charge in [-0.25, -0.2) is 0 Å². The smallest absolute Gasteiger partial charge is 1.00 e. The standard InChI is InChI=1S/C24H34I.F5P.FH/c1-2-3-4-5-6-7-8-9-10-12-15-22-18-20-24(21-19-22)25-23-16-13-11-14-17-23;1-6(2,3,4)5;/h11,13-14,16-21H,2-10,12,15H2,1H3;;1H/q+1;;/p-1. The maximum absolute atomic E-state index is 9.84. The Kier molecular flexibility index (Phi) is 16.3. The van der Waals surface area contributed by atoms with Crippen LogP contribution < -0.4 is 25.9 Å².